The maximum absolute atomic E-state index is 12.3. The zero-order chi connectivity index (χ0) is 21.5. The van der Waals surface area contributed by atoms with Gasteiger partial charge in [0.2, 0.25) is 5.90 Å². The molecule has 3 aromatic rings. The number of hydrogen-bond donors (Lipinski definition) is 0. The molecule has 0 aliphatic carbocycles. The quantitative estimate of drug-likeness (QED) is 0.649. The molecule has 1 aliphatic heterocycles. The maximum Gasteiger partial charge on any atom is 0.368 e. The van der Waals surface area contributed by atoms with E-state index in [1.165, 1.54) is 9.36 Å². The number of rotatable bonds is 5. The highest BCUT2D eigenvalue weighted by Gasteiger charge is 2.27. The summed E-state index contributed by atoms with van der Waals surface area (Å²) in [5, 5.41) is 7.77. The van der Waals surface area contributed by atoms with Crippen molar-refractivity contribution in [3.8, 4) is 11.4 Å². The largest absolute Gasteiger partial charge is 0.489 e. The Hall–Kier alpha value is -3.42. The minimum absolute atomic E-state index is 0.196. The number of tetrazole rings is 1. The molecule has 0 atom stereocenters. The zero-order valence-corrected chi connectivity index (χ0v) is 17.8. The van der Waals surface area contributed by atoms with Gasteiger partial charge >= 0.3 is 5.69 Å². The van der Waals surface area contributed by atoms with Gasteiger partial charge in [-0.05, 0) is 73.5 Å². The molecule has 0 amide bonds. The standard InChI is InChI=1S/C22H25N5O3/c1-14-7-6-8-18(27-21(28)26(5)24-25-27)17(14)12-29-19-10-9-16(11-15(19)2)20-23-22(3,4)13-30-20/h6-11H,12-13H2,1-5H3. The third kappa shape index (κ3) is 3.72. The normalized spacial score (nSPS) is 15.0. The van der Waals surface area contributed by atoms with Crippen molar-refractivity contribution in [1.29, 1.82) is 0 Å². The van der Waals surface area contributed by atoms with Crippen LogP contribution in [0.3, 0.4) is 0 Å². The molecule has 30 heavy (non-hydrogen) atoms. The summed E-state index contributed by atoms with van der Waals surface area (Å²) in [5.74, 6) is 1.43. The fourth-order valence-electron chi connectivity index (χ4n) is 3.36. The highest BCUT2D eigenvalue weighted by atomic mass is 16.5. The highest BCUT2D eigenvalue weighted by Crippen LogP contribution is 2.26. The minimum Gasteiger partial charge on any atom is -0.489 e. The highest BCUT2D eigenvalue weighted by molar-refractivity contribution is 5.95. The van der Waals surface area contributed by atoms with Crippen LogP contribution in [0.2, 0.25) is 0 Å². The van der Waals surface area contributed by atoms with E-state index in [1.807, 2.05) is 64.1 Å². The molecule has 0 radical (unpaired) electrons. The molecular formula is C22H25N5O3. The van der Waals surface area contributed by atoms with Crippen molar-refractivity contribution in [2.24, 2.45) is 12.0 Å². The number of benzene rings is 2. The van der Waals surface area contributed by atoms with Gasteiger partial charge in [0.25, 0.3) is 0 Å². The molecule has 0 bridgehead atoms. The fraction of sp³-hybridized carbons (Fsp3) is 0.364. The van der Waals surface area contributed by atoms with E-state index in [2.05, 4.69) is 15.4 Å². The van der Waals surface area contributed by atoms with E-state index >= 15 is 0 Å². The Balaban J connectivity index is 1.59. The average molecular weight is 407 g/mol. The Labute approximate surface area is 174 Å². The van der Waals surface area contributed by atoms with Crippen LogP contribution in [0.15, 0.2) is 46.2 Å². The van der Waals surface area contributed by atoms with Crippen LogP contribution in [-0.2, 0) is 18.4 Å². The van der Waals surface area contributed by atoms with Crippen LogP contribution in [0.1, 0.15) is 36.1 Å². The molecule has 0 spiro atoms. The monoisotopic (exact) mass is 407 g/mol. The van der Waals surface area contributed by atoms with E-state index in [0.29, 0.717) is 24.8 Å². The first-order valence-corrected chi connectivity index (χ1v) is 9.79. The van der Waals surface area contributed by atoms with E-state index < -0.39 is 0 Å². The minimum atomic E-state index is -0.303. The van der Waals surface area contributed by atoms with Gasteiger partial charge in [0.05, 0.1) is 11.2 Å². The van der Waals surface area contributed by atoms with Crippen molar-refractivity contribution in [1.82, 2.24) is 19.8 Å². The summed E-state index contributed by atoms with van der Waals surface area (Å²) in [7, 11) is 1.57. The van der Waals surface area contributed by atoms with Crippen LogP contribution in [0.5, 0.6) is 5.75 Å². The molecule has 2 aromatic carbocycles. The maximum atomic E-state index is 12.3. The predicted molar refractivity (Wildman–Crippen MR) is 113 cm³/mol. The van der Waals surface area contributed by atoms with Crippen molar-refractivity contribution < 1.29 is 9.47 Å². The molecule has 4 rings (SSSR count). The van der Waals surface area contributed by atoms with E-state index in [0.717, 1.165) is 28.0 Å². The van der Waals surface area contributed by atoms with E-state index in [-0.39, 0.29) is 11.2 Å². The van der Waals surface area contributed by atoms with Gasteiger partial charge in [0.15, 0.2) is 0 Å². The van der Waals surface area contributed by atoms with Gasteiger partial charge in [-0.25, -0.2) is 9.79 Å². The van der Waals surface area contributed by atoms with Crippen LogP contribution < -0.4 is 10.4 Å². The summed E-state index contributed by atoms with van der Waals surface area (Å²) in [5.41, 5.74) is 3.98. The number of nitrogens with zero attached hydrogens (tertiary/aromatic N) is 5. The lowest BCUT2D eigenvalue weighted by Crippen LogP contribution is -2.23. The number of aromatic nitrogens is 4. The average Bonchev–Trinajstić information content (AvgIpc) is 3.23. The van der Waals surface area contributed by atoms with Crippen LogP contribution in [0.4, 0.5) is 0 Å². The first-order chi connectivity index (χ1) is 14.2. The van der Waals surface area contributed by atoms with Gasteiger partial charge in [0, 0.05) is 18.2 Å². The van der Waals surface area contributed by atoms with Crippen molar-refractivity contribution in [3.63, 3.8) is 0 Å². The van der Waals surface area contributed by atoms with Crippen molar-refractivity contribution in [2.75, 3.05) is 6.61 Å². The van der Waals surface area contributed by atoms with Gasteiger partial charge in [-0.15, -0.1) is 0 Å². The second-order valence-electron chi connectivity index (χ2n) is 8.16. The van der Waals surface area contributed by atoms with Crippen molar-refractivity contribution >= 4 is 5.90 Å². The number of ether oxygens (including phenoxy) is 2. The lowest BCUT2D eigenvalue weighted by molar-refractivity contribution is 0.279. The molecule has 1 aromatic heterocycles. The number of aryl methyl sites for hydroxylation is 3. The van der Waals surface area contributed by atoms with E-state index in [1.54, 1.807) is 7.05 Å². The third-order valence-electron chi connectivity index (χ3n) is 5.10. The lowest BCUT2D eigenvalue weighted by atomic mass is 10.1. The molecule has 0 fully saturated rings. The smallest absolute Gasteiger partial charge is 0.368 e. The molecule has 8 nitrogen and oxygen atoms in total. The van der Waals surface area contributed by atoms with Crippen LogP contribution in [0, 0.1) is 13.8 Å². The molecule has 0 N–H and O–H groups in total. The van der Waals surface area contributed by atoms with Crippen molar-refractivity contribution in [2.45, 2.75) is 39.8 Å². The van der Waals surface area contributed by atoms with Crippen LogP contribution in [0.25, 0.3) is 5.69 Å². The molecule has 156 valence electrons. The van der Waals surface area contributed by atoms with Gasteiger partial charge in [-0.2, -0.15) is 9.36 Å². The summed E-state index contributed by atoms with van der Waals surface area (Å²) >= 11 is 0. The number of hydrogen-bond acceptors (Lipinski definition) is 6. The molecular weight excluding hydrogens is 382 g/mol. The second-order valence-corrected chi connectivity index (χ2v) is 8.16. The first kappa shape index (κ1) is 19.9. The molecule has 2 heterocycles. The van der Waals surface area contributed by atoms with Gasteiger partial charge in [-0.1, -0.05) is 12.1 Å². The second kappa shape index (κ2) is 7.44. The Morgan fingerprint density at radius 3 is 2.57 bits per heavy atom. The SMILES string of the molecule is Cc1cc(C2=NC(C)(C)CO2)ccc1OCc1c(C)cccc1-n1nnn(C)c1=O. The third-order valence-corrected chi connectivity index (χ3v) is 5.10. The summed E-state index contributed by atoms with van der Waals surface area (Å²) in [6.45, 7) is 8.95. The lowest BCUT2D eigenvalue weighted by Gasteiger charge is -2.15. The fourth-order valence-corrected chi connectivity index (χ4v) is 3.36. The van der Waals surface area contributed by atoms with Gasteiger partial charge in [-0.3, -0.25) is 0 Å². The van der Waals surface area contributed by atoms with Crippen LogP contribution in [-0.4, -0.2) is 37.8 Å². The topological polar surface area (TPSA) is 83.5 Å². The molecule has 8 heteroatoms. The summed E-state index contributed by atoms with van der Waals surface area (Å²) < 4.78 is 14.3. The van der Waals surface area contributed by atoms with Gasteiger partial charge in [0.1, 0.15) is 19.0 Å². The summed E-state index contributed by atoms with van der Waals surface area (Å²) in [6.07, 6.45) is 0. The first-order valence-electron chi connectivity index (χ1n) is 9.79. The Morgan fingerprint density at radius 1 is 1.13 bits per heavy atom. The Bertz CT molecular complexity index is 1190. The number of aliphatic imine (C=N–C) groups is 1. The predicted octanol–water partition coefficient (Wildman–Crippen LogP) is 2.72. The van der Waals surface area contributed by atoms with Crippen molar-refractivity contribution in [3.05, 3.63) is 69.1 Å². The zero-order valence-electron chi connectivity index (χ0n) is 17.8. The van der Waals surface area contributed by atoms with E-state index in [9.17, 15) is 4.79 Å². The molecule has 0 saturated heterocycles. The molecule has 1 aliphatic rings. The molecule has 0 saturated carbocycles. The van der Waals surface area contributed by atoms with Crippen LogP contribution >= 0.6 is 0 Å². The van der Waals surface area contributed by atoms with E-state index in [4.69, 9.17) is 9.47 Å². The summed E-state index contributed by atoms with van der Waals surface area (Å²) in [6, 6.07) is 11.6. The summed E-state index contributed by atoms with van der Waals surface area (Å²) in [4.78, 5) is 16.9. The Morgan fingerprint density at radius 2 is 1.93 bits per heavy atom. The Kier molecular flexibility index (Phi) is 4.93. The van der Waals surface area contributed by atoms with Gasteiger partial charge < -0.3 is 9.47 Å². The molecule has 0 unspecified atom stereocenters.